The average molecular weight is 328 g/mol. The van der Waals surface area contributed by atoms with Gasteiger partial charge in [0.2, 0.25) is 0 Å². The van der Waals surface area contributed by atoms with E-state index in [4.69, 9.17) is 0 Å². The van der Waals surface area contributed by atoms with Crippen molar-refractivity contribution in [2.45, 2.75) is 25.3 Å². The van der Waals surface area contributed by atoms with Crippen LogP contribution < -0.4 is 5.32 Å². The van der Waals surface area contributed by atoms with Gasteiger partial charge in [0.1, 0.15) is 6.07 Å². The summed E-state index contributed by atoms with van der Waals surface area (Å²) in [5, 5.41) is 12.7. The van der Waals surface area contributed by atoms with Crippen LogP contribution in [-0.4, -0.2) is 4.98 Å². The lowest BCUT2D eigenvalue weighted by Gasteiger charge is -2.26. The number of rotatable bonds is 2. The summed E-state index contributed by atoms with van der Waals surface area (Å²) in [5.41, 5.74) is 3.95. The van der Waals surface area contributed by atoms with E-state index in [0.29, 0.717) is 5.56 Å². The molecule has 1 aromatic heterocycles. The van der Waals surface area contributed by atoms with Crippen molar-refractivity contribution >= 4 is 21.6 Å². The monoisotopic (exact) mass is 327 g/mol. The van der Waals surface area contributed by atoms with Gasteiger partial charge < -0.3 is 5.32 Å². The summed E-state index contributed by atoms with van der Waals surface area (Å²) in [6, 6.07) is 12.2. The molecule has 1 atom stereocenters. The summed E-state index contributed by atoms with van der Waals surface area (Å²) in [6.07, 6.45) is 5.11. The lowest BCUT2D eigenvalue weighted by molar-refractivity contribution is 0.583. The maximum absolute atomic E-state index is 9.21. The second-order valence-electron chi connectivity index (χ2n) is 4.94. The van der Waals surface area contributed by atoms with Crippen molar-refractivity contribution < 1.29 is 0 Å². The molecule has 20 heavy (non-hydrogen) atoms. The largest absolute Gasteiger partial charge is 0.376 e. The number of hydrogen-bond acceptors (Lipinski definition) is 3. The highest BCUT2D eigenvalue weighted by Gasteiger charge is 2.21. The fourth-order valence-corrected chi connectivity index (χ4v) is 3.03. The Labute approximate surface area is 126 Å². The topological polar surface area (TPSA) is 48.7 Å². The maximum Gasteiger partial charge on any atom is 0.101 e. The van der Waals surface area contributed by atoms with E-state index in [1.807, 2.05) is 30.5 Å². The molecule has 0 aliphatic heterocycles. The number of nitriles is 1. The van der Waals surface area contributed by atoms with Crippen LogP contribution in [0.3, 0.4) is 0 Å². The minimum Gasteiger partial charge on any atom is -0.376 e. The van der Waals surface area contributed by atoms with Crippen molar-refractivity contribution in [3.8, 4) is 6.07 Å². The van der Waals surface area contributed by atoms with Gasteiger partial charge in [0.05, 0.1) is 23.0 Å². The molecule has 0 saturated heterocycles. The molecule has 0 saturated carbocycles. The first-order valence-electron chi connectivity index (χ1n) is 6.68. The Bertz CT molecular complexity index is 676. The van der Waals surface area contributed by atoms with Gasteiger partial charge in [-0.1, -0.05) is 22.0 Å². The molecule has 0 fully saturated rings. The van der Waals surface area contributed by atoms with Gasteiger partial charge in [0.15, 0.2) is 0 Å². The second kappa shape index (κ2) is 5.64. The quantitative estimate of drug-likeness (QED) is 0.898. The van der Waals surface area contributed by atoms with E-state index >= 15 is 0 Å². The number of nitrogens with one attached hydrogen (secondary N) is 1. The molecule has 100 valence electrons. The highest BCUT2D eigenvalue weighted by molar-refractivity contribution is 9.10. The summed E-state index contributed by atoms with van der Waals surface area (Å²) < 4.78 is 0.969. The van der Waals surface area contributed by atoms with Crippen molar-refractivity contribution in [2.24, 2.45) is 0 Å². The van der Waals surface area contributed by atoms with Crippen LogP contribution in [0, 0.1) is 11.3 Å². The Morgan fingerprint density at radius 3 is 3.10 bits per heavy atom. The fraction of sp³-hybridized carbons (Fsp3) is 0.250. The van der Waals surface area contributed by atoms with Crippen molar-refractivity contribution in [1.29, 1.82) is 5.26 Å². The Kier molecular flexibility index (Phi) is 3.70. The molecule has 1 aromatic carbocycles. The molecule has 1 aliphatic carbocycles. The number of anilines is 1. The van der Waals surface area contributed by atoms with Crippen molar-refractivity contribution in [2.75, 3.05) is 5.32 Å². The van der Waals surface area contributed by atoms with Gasteiger partial charge in [-0.25, -0.2) is 0 Å². The first-order valence-corrected chi connectivity index (χ1v) is 7.47. The van der Waals surface area contributed by atoms with Crippen LogP contribution in [0.25, 0.3) is 0 Å². The number of halogens is 1. The Balaban J connectivity index is 1.93. The summed E-state index contributed by atoms with van der Waals surface area (Å²) in [7, 11) is 0. The van der Waals surface area contributed by atoms with Crippen LogP contribution in [0.5, 0.6) is 0 Å². The molecule has 0 radical (unpaired) electrons. The van der Waals surface area contributed by atoms with Crippen molar-refractivity contribution in [3.05, 3.63) is 57.8 Å². The number of aromatic nitrogens is 1. The van der Waals surface area contributed by atoms with Gasteiger partial charge in [-0.3, -0.25) is 4.98 Å². The SMILES string of the molecule is N#Cc1ccc(Br)cc1NC1CCCc2cccnc21. The minimum atomic E-state index is 0.182. The highest BCUT2D eigenvalue weighted by atomic mass is 79.9. The van der Waals surface area contributed by atoms with Crippen LogP contribution >= 0.6 is 15.9 Å². The summed E-state index contributed by atoms with van der Waals surface area (Å²) in [5.74, 6) is 0. The van der Waals surface area contributed by atoms with E-state index in [2.05, 4.69) is 38.4 Å². The zero-order valence-corrected chi connectivity index (χ0v) is 12.5. The van der Waals surface area contributed by atoms with E-state index in [0.717, 1.165) is 35.1 Å². The first kappa shape index (κ1) is 13.1. The lowest BCUT2D eigenvalue weighted by Crippen LogP contribution is -2.19. The van der Waals surface area contributed by atoms with Crippen molar-refractivity contribution in [3.63, 3.8) is 0 Å². The van der Waals surface area contributed by atoms with Gasteiger partial charge in [-0.2, -0.15) is 5.26 Å². The molecule has 1 heterocycles. The predicted octanol–water partition coefficient (Wildman–Crippen LogP) is 4.21. The normalized spacial score (nSPS) is 17.1. The summed E-state index contributed by atoms with van der Waals surface area (Å²) >= 11 is 3.46. The van der Waals surface area contributed by atoms with Gasteiger partial charge in [-0.15, -0.1) is 0 Å². The third kappa shape index (κ3) is 2.54. The standard InChI is InChI=1S/C16H14BrN3/c17-13-7-6-12(10-18)15(9-13)20-14-5-1-3-11-4-2-8-19-16(11)14/h2,4,6-9,14,20H,1,3,5H2. The van der Waals surface area contributed by atoms with Crippen LogP contribution in [-0.2, 0) is 6.42 Å². The maximum atomic E-state index is 9.21. The molecule has 1 N–H and O–H groups in total. The number of aryl methyl sites for hydroxylation is 1. The molecule has 0 amide bonds. The molecule has 3 nitrogen and oxygen atoms in total. The number of benzene rings is 1. The third-order valence-corrected chi connectivity index (χ3v) is 4.12. The van der Waals surface area contributed by atoms with Crippen LogP contribution in [0.4, 0.5) is 5.69 Å². The van der Waals surface area contributed by atoms with E-state index in [1.54, 1.807) is 0 Å². The van der Waals surface area contributed by atoms with Gasteiger partial charge in [0.25, 0.3) is 0 Å². The average Bonchev–Trinajstić information content (AvgIpc) is 2.48. The third-order valence-electron chi connectivity index (χ3n) is 3.63. The lowest BCUT2D eigenvalue weighted by atomic mass is 9.91. The molecule has 1 unspecified atom stereocenters. The van der Waals surface area contributed by atoms with Crippen LogP contribution in [0.15, 0.2) is 41.0 Å². The minimum absolute atomic E-state index is 0.182. The van der Waals surface area contributed by atoms with Gasteiger partial charge in [-0.05, 0) is 49.1 Å². The van der Waals surface area contributed by atoms with Gasteiger partial charge >= 0.3 is 0 Å². The molecule has 4 heteroatoms. The van der Waals surface area contributed by atoms with Crippen molar-refractivity contribution in [1.82, 2.24) is 4.98 Å². The second-order valence-corrected chi connectivity index (χ2v) is 5.85. The summed E-state index contributed by atoms with van der Waals surface area (Å²) in [6.45, 7) is 0. The number of hydrogen-bond donors (Lipinski definition) is 1. The Morgan fingerprint density at radius 2 is 2.25 bits per heavy atom. The van der Waals surface area contributed by atoms with Crippen LogP contribution in [0.2, 0.25) is 0 Å². The fourth-order valence-electron chi connectivity index (χ4n) is 2.67. The molecule has 2 aromatic rings. The van der Waals surface area contributed by atoms with E-state index < -0.39 is 0 Å². The Hall–Kier alpha value is -1.86. The molecule has 0 bridgehead atoms. The molecule has 0 spiro atoms. The van der Waals surface area contributed by atoms with E-state index in [9.17, 15) is 5.26 Å². The molecule has 3 rings (SSSR count). The smallest absolute Gasteiger partial charge is 0.101 e. The number of fused-ring (bicyclic) bond motifs is 1. The van der Waals surface area contributed by atoms with Crippen LogP contribution in [0.1, 0.15) is 35.7 Å². The zero-order chi connectivity index (χ0) is 13.9. The number of pyridine rings is 1. The number of nitrogens with zero attached hydrogens (tertiary/aromatic N) is 2. The molecular formula is C16H14BrN3. The molecule has 1 aliphatic rings. The highest BCUT2D eigenvalue weighted by Crippen LogP contribution is 2.32. The summed E-state index contributed by atoms with van der Waals surface area (Å²) in [4.78, 5) is 4.52. The van der Waals surface area contributed by atoms with E-state index in [-0.39, 0.29) is 6.04 Å². The first-order chi connectivity index (χ1) is 9.78. The Morgan fingerprint density at radius 1 is 1.35 bits per heavy atom. The van der Waals surface area contributed by atoms with Gasteiger partial charge in [0, 0.05) is 10.7 Å². The van der Waals surface area contributed by atoms with E-state index in [1.165, 1.54) is 5.56 Å². The predicted molar refractivity (Wildman–Crippen MR) is 82.4 cm³/mol. The zero-order valence-electron chi connectivity index (χ0n) is 10.9. The molecular weight excluding hydrogens is 314 g/mol.